The minimum Gasteiger partial charge on any atom is -0.329 e. The zero-order valence-corrected chi connectivity index (χ0v) is 15.5. The van der Waals surface area contributed by atoms with Gasteiger partial charge in [-0.15, -0.1) is 0 Å². The molecule has 2 heterocycles. The van der Waals surface area contributed by atoms with Crippen LogP contribution in [0, 0.1) is 0 Å². The SMILES string of the molecule is CN(c1ccccc1)c1ccc(C(=O)N2CCCCc3ccccc32)cn1. The molecule has 0 radical (unpaired) electrons. The van der Waals surface area contributed by atoms with Crippen LogP contribution >= 0.6 is 0 Å². The number of aromatic nitrogens is 1. The smallest absolute Gasteiger partial charge is 0.259 e. The molecule has 0 bridgehead atoms. The number of rotatable bonds is 3. The van der Waals surface area contributed by atoms with Gasteiger partial charge in [-0.1, -0.05) is 36.4 Å². The molecule has 0 unspecified atom stereocenters. The Balaban J connectivity index is 1.58. The van der Waals surface area contributed by atoms with E-state index >= 15 is 0 Å². The van der Waals surface area contributed by atoms with Crippen LogP contribution in [0.2, 0.25) is 0 Å². The molecule has 1 aromatic heterocycles. The Bertz CT molecular complexity index is 922. The third-order valence-electron chi connectivity index (χ3n) is 5.09. The van der Waals surface area contributed by atoms with Crippen molar-refractivity contribution < 1.29 is 4.79 Å². The number of benzene rings is 2. The van der Waals surface area contributed by atoms with Crippen LogP contribution in [0.4, 0.5) is 17.2 Å². The maximum atomic E-state index is 13.1. The number of hydrogen-bond donors (Lipinski definition) is 0. The number of fused-ring (bicyclic) bond motifs is 1. The van der Waals surface area contributed by atoms with Gasteiger partial charge >= 0.3 is 0 Å². The van der Waals surface area contributed by atoms with Crippen molar-refractivity contribution in [3.8, 4) is 0 Å². The Morgan fingerprint density at radius 2 is 1.74 bits per heavy atom. The van der Waals surface area contributed by atoms with Crippen molar-refractivity contribution in [1.82, 2.24) is 4.98 Å². The molecule has 27 heavy (non-hydrogen) atoms. The minimum absolute atomic E-state index is 0.0192. The van der Waals surface area contributed by atoms with Crippen LogP contribution in [-0.4, -0.2) is 24.5 Å². The van der Waals surface area contributed by atoms with Crippen LogP contribution in [-0.2, 0) is 6.42 Å². The van der Waals surface area contributed by atoms with E-state index in [1.165, 1.54) is 5.56 Å². The van der Waals surface area contributed by atoms with E-state index in [1.54, 1.807) is 6.20 Å². The van der Waals surface area contributed by atoms with E-state index < -0.39 is 0 Å². The van der Waals surface area contributed by atoms with Crippen molar-refractivity contribution >= 4 is 23.1 Å². The fourth-order valence-corrected chi connectivity index (χ4v) is 3.55. The molecule has 0 N–H and O–H groups in total. The number of carbonyl (C=O) groups is 1. The summed E-state index contributed by atoms with van der Waals surface area (Å²) in [6.45, 7) is 0.752. The van der Waals surface area contributed by atoms with E-state index in [2.05, 4.69) is 11.1 Å². The van der Waals surface area contributed by atoms with E-state index in [0.29, 0.717) is 5.56 Å². The lowest BCUT2D eigenvalue weighted by atomic mass is 10.1. The van der Waals surface area contributed by atoms with Gasteiger partial charge < -0.3 is 9.80 Å². The van der Waals surface area contributed by atoms with Crippen LogP contribution in [0.5, 0.6) is 0 Å². The van der Waals surface area contributed by atoms with Crippen LogP contribution in [0.15, 0.2) is 72.9 Å². The second-order valence-corrected chi connectivity index (χ2v) is 6.84. The fourth-order valence-electron chi connectivity index (χ4n) is 3.55. The summed E-state index contributed by atoms with van der Waals surface area (Å²) in [5, 5.41) is 0. The summed E-state index contributed by atoms with van der Waals surface area (Å²) >= 11 is 0. The van der Waals surface area contributed by atoms with E-state index in [1.807, 2.05) is 77.5 Å². The first-order valence-electron chi connectivity index (χ1n) is 9.38. The van der Waals surface area contributed by atoms with Crippen molar-refractivity contribution in [2.45, 2.75) is 19.3 Å². The first kappa shape index (κ1) is 17.3. The molecular formula is C23H23N3O. The second kappa shape index (κ2) is 7.62. The highest BCUT2D eigenvalue weighted by Crippen LogP contribution is 2.28. The van der Waals surface area contributed by atoms with Crippen molar-refractivity contribution in [2.24, 2.45) is 0 Å². The molecular weight excluding hydrogens is 334 g/mol. The molecule has 2 aromatic carbocycles. The topological polar surface area (TPSA) is 36.4 Å². The first-order valence-corrected chi connectivity index (χ1v) is 9.38. The van der Waals surface area contributed by atoms with Gasteiger partial charge in [-0.2, -0.15) is 0 Å². The van der Waals surface area contributed by atoms with E-state index in [9.17, 15) is 4.79 Å². The molecule has 4 rings (SSSR count). The van der Waals surface area contributed by atoms with Gasteiger partial charge in [-0.05, 0) is 55.2 Å². The number of carbonyl (C=O) groups excluding carboxylic acids is 1. The summed E-state index contributed by atoms with van der Waals surface area (Å²) in [6, 6.07) is 22.1. The molecule has 1 amide bonds. The van der Waals surface area contributed by atoms with Crippen molar-refractivity contribution in [1.29, 1.82) is 0 Å². The highest BCUT2D eigenvalue weighted by Gasteiger charge is 2.22. The molecule has 0 atom stereocenters. The Hall–Kier alpha value is -3.14. The highest BCUT2D eigenvalue weighted by atomic mass is 16.2. The molecule has 4 heteroatoms. The van der Waals surface area contributed by atoms with Gasteiger partial charge in [0.2, 0.25) is 0 Å². The summed E-state index contributed by atoms with van der Waals surface area (Å²) in [7, 11) is 1.98. The predicted octanol–water partition coefficient (Wildman–Crippen LogP) is 4.83. The Morgan fingerprint density at radius 1 is 0.963 bits per heavy atom. The fraction of sp³-hybridized carbons (Fsp3) is 0.217. The van der Waals surface area contributed by atoms with Gasteiger partial charge in [-0.25, -0.2) is 4.98 Å². The molecule has 0 fully saturated rings. The predicted molar refractivity (Wildman–Crippen MR) is 110 cm³/mol. The molecule has 3 aromatic rings. The van der Waals surface area contributed by atoms with Crippen LogP contribution in [0.3, 0.4) is 0 Å². The van der Waals surface area contributed by atoms with Gasteiger partial charge in [0.05, 0.1) is 5.56 Å². The summed E-state index contributed by atoms with van der Waals surface area (Å²) in [6.07, 6.45) is 4.84. The van der Waals surface area contributed by atoms with Gasteiger partial charge in [-0.3, -0.25) is 4.79 Å². The molecule has 0 spiro atoms. The van der Waals surface area contributed by atoms with Gasteiger partial charge in [0.1, 0.15) is 5.82 Å². The molecule has 136 valence electrons. The zero-order valence-electron chi connectivity index (χ0n) is 15.5. The lowest BCUT2D eigenvalue weighted by molar-refractivity contribution is 0.0986. The number of pyridine rings is 1. The normalized spacial score (nSPS) is 13.6. The Morgan fingerprint density at radius 3 is 2.52 bits per heavy atom. The number of hydrogen-bond acceptors (Lipinski definition) is 3. The van der Waals surface area contributed by atoms with E-state index in [-0.39, 0.29) is 5.91 Å². The third kappa shape index (κ3) is 3.56. The molecule has 1 aliphatic heterocycles. The number of anilines is 3. The van der Waals surface area contributed by atoms with Crippen LogP contribution in [0.1, 0.15) is 28.8 Å². The summed E-state index contributed by atoms with van der Waals surface area (Å²) in [5.74, 6) is 0.833. The average Bonchev–Trinajstić information content (AvgIpc) is 2.96. The van der Waals surface area contributed by atoms with Crippen molar-refractivity contribution in [3.63, 3.8) is 0 Å². The van der Waals surface area contributed by atoms with Crippen molar-refractivity contribution in [2.75, 3.05) is 23.4 Å². The minimum atomic E-state index is 0.0192. The largest absolute Gasteiger partial charge is 0.329 e. The Kier molecular flexibility index (Phi) is 4.88. The van der Waals surface area contributed by atoms with E-state index in [0.717, 1.165) is 43.0 Å². The molecule has 1 aliphatic rings. The average molecular weight is 357 g/mol. The summed E-state index contributed by atoms with van der Waals surface area (Å²) < 4.78 is 0. The van der Waals surface area contributed by atoms with Gasteiger partial charge in [0.15, 0.2) is 0 Å². The number of aryl methyl sites for hydroxylation is 1. The van der Waals surface area contributed by atoms with Crippen LogP contribution < -0.4 is 9.80 Å². The number of amides is 1. The van der Waals surface area contributed by atoms with Crippen molar-refractivity contribution in [3.05, 3.63) is 84.1 Å². The van der Waals surface area contributed by atoms with Gasteiger partial charge in [0, 0.05) is 31.2 Å². The molecule has 0 saturated heterocycles. The van der Waals surface area contributed by atoms with Crippen LogP contribution in [0.25, 0.3) is 0 Å². The van der Waals surface area contributed by atoms with Gasteiger partial charge in [0.25, 0.3) is 5.91 Å². The zero-order chi connectivity index (χ0) is 18.6. The number of para-hydroxylation sites is 2. The lowest BCUT2D eigenvalue weighted by Gasteiger charge is -2.23. The third-order valence-corrected chi connectivity index (χ3v) is 5.09. The maximum Gasteiger partial charge on any atom is 0.259 e. The second-order valence-electron chi connectivity index (χ2n) is 6.84. The van der Waals surface area contributed by atoms with E-state index in [4.69, 9.17) is 0 Å². The lowest BCUT2D eigenvalue weighted by Crippen LogP contribution is -2.31. The first-order chi connectivity index (χ1) is 13.2. The summed E-state index contributed by atoms with van der Waals surface area (Å²) in [5.41, 5.74) is 3.96. The quantitative estimate of drug-likeness (QED) is 0.673. The Labute approximate surface area is 160 Å². The maximum absolute atomic E-state index is 13.1. The molecule has 0 aliphatic carbocycles. The standard InChI is InChI=1S/C23H23N3O/c1-25(20-11-3-2-4-12-20)22-15-14-19(17-24-22)23(27)26-16-8-7-10-18-9-5-6-13-21(18)26/h2-6,9,11-15,17H,7-8,10,16H2,1H3. The molecule has 0 saturated carbocycles. The summed E-state index contributed by atoms with van der Waals surface area (Å²) in [4.78, 5) is 21.6. The molecule has 4 nitrogen and oxygen atoms in total. The highest BCUT2D eigenvalue weighted by molar-refractivity contribution is 6.06. The monoisotopic (exact) mass is 357 g/mol. The number of nitrogens with zero attached hydrogens (tertiary/aromatic N) is 3.